The number of fused-ring (bicyclic) bond motifs is 1. The van der Waals surface area contributed by atoms with Crippen molar-refractivity contribution in [2.24, 2.45) is 10.9 Å². The third-order valence-corrected chi connectivity index (χ3v) is 4.34. The fourth-order valence-electron chi connectivity index (χ4n) is 2.05. The van der Waals surface area contributed by atoms with Crippen LogP contribution < -0.4 is 4.80 Å². The SMILES string of the molecule is COCCn1c(=NC(=O)C2CC2)sc2cc(F)ccc21. The van der Waals surface area contributed by atoms with Crippen molar-refractivity contribution in [3.63, 3.8) is 0 Å². The summed E-state index contributed by atoms with van der Waals surface area (Å²) < 4.78 is 21.1. The summed E-state index contributed by atoms with van der Waals surface area (Å²) in [5.74, 6) is -0.256. The molecule has 1 aliphatic rings. The summed E-state index contributed by atoms with van der Waals surface area (Å²) in [7, 11) is 1.63. The predicted molar refractivity (Wildman–Crippen MR) is 74.9 cm³/mol. The van der Waals surface area contributed by atoms with Gasteiger partial charge in [-0.15, -0.1) is 0 Å². The van der Waals surface area contributed by atoms with E-state index in [-0.39, 0.29) is 17.6 Å². The molecule has 3 rings (SSSR count). The molecule has 4 nitrogen and oxygen atoms in total. The normalized spacial score (nSPS) is 16.0. The molecule has 1 heterocycles. The number of aromatic nitrogens is 1. The molecule has 0 unspecified atom stereocenters. The first-order valence-electron chi connectivity index (χ1n) is 6.55. The van der Waals surface area contributed by atoms with Gasteiger partial charge in [-0.1, -0.05) is 11.3 Å². The van der Waals surface area contributed by atoms with Crippen molar-refractivity contribution in [1.82, 2.24) is 4.57 Å². The maximum absolute atomic E-state index is 13.3. The average molecular weight is 294 g/mol. The Morgan fingerprint density at radius 1 is 1.55 bits per heavy atom. The molecule has 20 heavy (non-hydrogen) atoms. The van der Waals surface area contributed by atoms with Crippen molar-refractivity contribution in [2.75, 3.05) is 13.7 Å². The van der Waals surface area contributed by atoms with E-state index < -0.39 is 0 Å². The van der Waals surface area contributed by atoms with E-state index in [4.69, 9.17) is 4.74 Å². The van der Waals surface area contributed by atoms with E-state index in [1.165, 1.54) is 23.5 Å². The van der Waals surface area contributed by atoms with Crippen LogP contribution >= 0.6 is 11.3 Å². The Hall–Kier alpha value is -1.53. The molecule has 0 radical (unpaired) electrons. The molecule has 0 N–H and O–H groups in total. The lowest BCUT2D eigenvalue weighted by molar-refractivity contribution is -0.119. The number of amides is 1. The van der Waals surface area contributed by atoms with E-state index in [2.05, 4.69) is 4.99 Å². The second-order valence-electron chi connectivity index (χ2n) is 4.87. The van der Waals surface area contributed by atoms with Crippen LogP contribution in [0.2, 0.25) is 0 Å². The molecule has 1 aromatic heterocycles. The van der Waals surface area contributed by atoms with Crippen molar-refractivity contribution < 1.29 is 13.9 Å². The first-order valence-corrected chi connectivity index (χ1v) is 7.37. The fraction of sp³-hybridized carbons (Fsp3) is 0.429. The Labute approximate surface area is 119 Å². The van der Waals surface area contributed by atoms with Crippen LogP contribution in [0.3, 0.4) is 0 Å². The summed E-state index contributed by atoms with van der Waals surface area (Å²) in [5, 5.41) is 0. The van der Waals surface area contributed by atoms with Crippen LogP contribution in [0.1, 0.15) is 12.8 Å². The van der Waals surface area contributed by atoms with Crippen LogP contribution in [0, 0.1) is 11.7 Å². The molecule has 106 valence electrons. The van der Waals surface area contributed by atoms with Gasteiger partial charge in [0.2, 0.25) is 0 Å². The summed E-state index contributed by atoms with van der Waals surface area (Å²) in [6.07, 6.45) is 1.86. The minimum Gasteiger partial charge on any atom is -0.383 e. The fourth-order valence-corrected chi connectivity index (χ4v) is 3.13. The van der Waals surface area contributed by atoms with Gasteiger partial charge in [0.25, 0.3) is 5.91 Å². The number of nitrogens with zero attached hydrogens (tertiary/aromatic N) is 2. The van der Waals surface area contributed by atoms with Gasteiger partial charge in [0.1, 0.15) is 5.82 Å². The first-order chi connectivity index (χ1) is 9.69. The molecule has 1 aliphatic carbocycles. The third kappa shape index (κ3) is 2.66. The lowest BCUT2D eigenvalue weighted by Crippen LogP contribution is -2.19. The maximum atomic E-state index is 13.3. The van der Waals surface area contributed by atoms with Crippen molar-refractivity contribution in [3.05, 3.63) is 28.8 Å². The molecule has 0 bridgehead atoms. The Kier molecular flexibility index (Phi) is 3.67. The standard InChI is InChI=1S/C14H15FN2O2S/c1-19-7-6-17-11-5-4-10(15)8-12(11)20-14(17)16-13(18)9-2-3-9/h4-5,8-9H,2-3,6-7H2,1H3. The Morgan fingerprint density at radius 3 is 3.05 bits per heavy atom. The molecule has 2 aromatic rings. The maximum Gasteiger partial charge on any atom is 0.251 e. The molecule has 0 saturated heterocycles. The van der Waals surface area contributed by atoms with Gasteiger partial charge in [0.05, 0.1) is 16.8 Å². The zero-order valence-electron chi connectivity index (χ0n) is 11.1. The number of rotatable bonds is 4. The quantitative estimate of drug-likeness (QED) is 0.868. The highest BCUT2D eigenvalue weighted by atomic mass is 32.1. The smallest absolute Gasteiger partial charge is 0.251 e. The van der Waals surface area contributed by atoms with Crippen LogP contribution in [0.25, 0.3) is 10.2 Å². The van der Waals surface area contributed by atoms with Crippen molar-refractivity contribution in [2.45, 2.75) is 19.4 Å². The summed E-state index contributed by atoms with van der Waals surface area (Å²) in [6.45, 7) is 1.12. The van der Waals surface area contributed by atoms with Crippen LogP contribution in [0.15, 0.2) is 23.2 Å². The Balaban J connectivity index is 2.10. The van der Waals surface area contributed by atoms with E-state index >= 15 is 0 Å². The number of methoxy groups -OCH3 is 1. The van der Waals surface area contributed by atoms with E-state index in [1.54, 1.807) is 13.2 Å². The molecule has 0 atom stereocenters. The summed E-state index contributed by atoms with van der Waals surface area (Å²) in [5.41, 5.74) is 0.885. The lowest BCUT2D eigenvalue weighted by Gasteiger charge is -2.03. The molecule has 1 amide bonds. The first kappa shape index (κ1) is 13.5. The van der Waals surface area contributed by atoms with Gasteiger partial charge in [-0.05, 0) is 31.0 Å². The number of carbonyl (C=O) groups excluding carboxylic acids is 1. The van der Waals surface area contributed by atoms with E-state index in [1.807, 2.05) is 4.57 Å². The van der Waals surface area contributed by atoms with Gasteiger partial charge in [-0.25, -0.2) is 4.39 Å². The molecule has 0 spiro atoms. The Bertz CT molecular complexity index is 716. The van der Waals surface area contributed by atoms with E-state index in [0.717, 1.165) is 23.1 Å². The summed E-state index contributed by atoms with van der Waals surface area (Å²) in [4.78, 5) is 16.7. The minimum atomic E-state index is -0.280. The van der Waals surface area contributed by atoms with Crippen LogP contribution in [-0.2, 0) is 16.1 Å². The van der Waals surface area contributed by atoms with E-state index in [0.29, 0.717) is 18.0 Å². The van der Waals surface area contributed by atoms with Gasteiger partial charge in [-0.3, -0.25) is 4.79 Å². The van der Waals surface area contributed by atoms with Crippen LogP contribution in [0.5, 0.6) is 0 Å². The largest absolute Gasteiger partial charge is 0.383 e. The van der Waals surface area contributed by atoms with E-state index in [9.17, 15) is 9.18 Å². The molecular formula is C14H15FN2O2S. The van der Waals surface area contributed by atoms with Crippen molar-refractivity contribution in [1.29, 1.82) is 0 Å². The topological polar surface area (TPSA) is 43.6 Å². The number of thiazole rings is 1. The van der Waals surface area contributed by atoms with Crippen molar-refractivity contribution in [3.8, 4) is 0 Å². The number of ether oxygens (including phenoxy) is 1. The highest BCUT2D eigenvalue weighted by molar-refractivity contribution is 7.16. The lowest BCUT2D eigenvalue weighted by atomic mass is 10.3. The number of halogens is 1. The van der Waals surface area contributed by atoms with Gasteiger partial charge >= 0.3 is 0 Å². The molecular weight excluding hydrogens is 279 g/mol. The van der Waals surface area contributed by atoms with Crippen LogP contribution in [-0.4, -0.2) is 24.2 Å². The number of hydrogen-bond donors (Lipinski definition) is 0. The predicted octanol–water partition coefficient (Wildman–Crippen LogP) is 2.33. The molecule has 0 aliphatic heterocycles. The van der Waals surface area contributed by atoms with Crippen LogP contribution in [0.4, 0.5) is 4.39 Å². The monoisotopic (exact) mass is 294 g/mol. The number of benzene rings is 1. The highest BCUT2D eigenvalue weighted by Crippen LogP contribution is 2.30. The zero-order valence-corrected chi connectivity index (χ0v) is 12.0. The molecule has 1 saturated carbocycles. The second-order valence-corrected chi connectivity index (χ2v) is 5.87. The van der Waals surface area contributed by atoms with Gasteiger partial charge in [-0.2, -0.15) is 4.99 Å². The molecule has 1 aromatic carbocycles. The number of carbonyl (C=O) groups is 1. The second kappa shape index (κ2) is 5.46. The summed E-state index contributed by atoms with van der Waals surface area (Å²) >= 11 is 1.34. The Morgan fingerprint density at radius 2 is 2.35 bits per heavy atom. The average Bonchev–Trinajstić information content (AvgIpc) is 3.21. The van der Waals surface area contributed by atoms with Gasteiger partial charge in [0.15, 0.2) is 4.80 Å². The van der Waals surface area contributed by atoms with Crippen molar-refractivity contribution >= 4 is 27.5 Å². The minimum absolute atomic E-state index is 0.0665. The zero-order chi connectivity index (χ0) is 14.1. The molecule has 6 heteroatoms. The van der Waals surface area contributed by atoms with Gasteiger partial charge in [0, 0.05) is 19.6 Å². The summed E-state index contributed by atoms with van der Waals surface area (Å²) in [6, 6.07) is 4.62. The highest BCUT2D eigenvalue weighted by Gasteiger charge is 2.29. The number of hydrogen-bond acceptors (Lipinski definition) is 3. The molecule has 1 fully saturated rings. The third-order valence-electron chi connectivity index (χ3n) is 3.30. The van der Waals surface area contributed by atoms with Gasteiger partial charge < -0.3 is 9.30 Å².